The predicted octanol–water partition coefficient (Wildman–Crippen LogP) is 4.97. The van der Waals surface area contributed by atoms with E-state index in [1.54, 1.807) is 0 Å². The first-order chi connectivity index (χ1) is 10.8. The number of alkyl halides is 3. The van der Waals surface area contributed by atoms with Crippen LogP contribution in [0.5, 0.6) is 0 Å². The number of nitrogens with one attached hydrogen (secondary N) is 1. The lowest BCUT2D eigenvalue weighted by atomic mass is 10.1. The Hall–Kier alpha value is -2.56. The summed E-state index contributed by atoms with van der Waals surface area (Å²) in [4.78, 5) is 11.9. The lowest BCUT2D eigenvalue weighted by Crippen LogP contribution is -2.10. The molecule has 0 fully saturated rings. The van der Waals surface area contributed by atoms with Gasteiger partial charge in [0.1, 0.15) is 0 Å². The Labute approximate surface area is 132 Å². The minimum absolute atomic E-state index is 0.331. The van der Waals surface area contributed by atoms with Crippen LogP contribution in [0.25, 0.3) is 6.08 Å². The van der Waals surface area contributed by atoms with E-state index >= 15 is 0 Å². The first kappa shape index (κ1) is 16.8. The molecule has 0 aliphatic carbocycles. The molecule has 0 aliphatic rings. The molecule has 2 nitrogen and oxygen atoms in total. The molecule has 2 rings (SSSR count). The highest BCUT2D eigenvalue weighted by atomic mass is 19.4. The van der Waals surface area contributed by atoms with Crippen molar-refractivity contribution in [2.24, 2.45) is 0 Å². The van der Waals surface area contributed by atoms with E-state index in [2.05, 4.69) is 5.32 Å². The van der Waals surface area contributed by atoms with Crippen LogP contribution in [0, 0.1) is 13.8 Å². The normalized spacial score (nSPS) is 11.7. The van der Waals surface area contributed by atoms with Crippen LogP contribution in [0.3, 0.4) is 0 Å². The Morgan fingerprint density at radius 3 is 2.09 bits per heavy atom. The molecule has 1 N–H and O–H groups in total. The fourth-order valence-corrected chi connectivity index (χ4v) is 2.13. The largest absolute Gasteiger partial charge is 0.416 e. The number of rotatable bonds is 3. The summed E-state index contributed by atoms with van der Waals surface area (Å²) >= 11 is 0. The molecule has 23 heavy (non-hydrogen) atoms. The number of hydrogen-bond donors (Lipinski definition) is 1. The number of para-hydroxylation sites is 1. The highest BCUT2D eigenvalue weighted by Crippen LogP contribution is 2.29. The van der Waals surface area contributed by atoms with Gasteiger partial charge in [0, 0.05) is 11.8 Å². The molecule has 5 heteroatoms. The van der Waals surface area contributed by atoms with E-state index in [-0.39, 0.29) is 5.91 Å². The van der Waals surface area contributed by atoms with Crippen molar-refractivity contribution < 1.29 is 18.0 Å². The summed E-state index contributed by atoms with van der Waals surface area (Å²) < 4.78 is 37.4. The summed E-state index contributed by atoms with van der Waals surface area (Å²) in [5, 5.41) is 2.78. The molecular formula is C18H16F3NO. The molecule has 2 aromatic carbocycles. The molecule has 2 aromatic rings. The zero-order chi connectivity index (χ0) is 17.0. The zero-order valence-electron chi connectivity index (χ0n) is 12.7. The van der Waals surface area contributed by atoms with Crippen molar-refractivity contribution in [1.29, 1.82) is 0 Å². The Kier molecular flexibility index (Phi) is 4.89. The summed E-state index contributed by atoms with van der Waals surface area (Å²) in [6.07, 6.45) is -1.58. The second-order valence-electron chi connectivity index (χ2n) is 5.21. The van der Waals surface area contributed by atoms with Crippen LogP contribution in [0.1, 0.15) is 22.3 Å². The van der Waals surface area contributed by atoms with Gasteiger partial charge in [-0.3, -0.25) is 4.79 Å². The van der Waals surface area contributed by atoms with Gasteiger partial charge in [0.05, 0.1) is 5.56 Å². The molecule has 0 aromatic heterocycles. The van der Waals surface area contributed by atoms with E-state index < -0.39 is 11.7 Å². The van der Waals surface area contributed by atoms with E-state index in [4.69, 9.17) is 0 Å². The number of halogens is 3. The third kappa shape index (κ3) is 4.45. The Morgan fingerprint density at radius 1 is 1.00 bits per heavy atom. The predicted molar refractivity (Wildman–Crippen MR) is 85.0 cm³/mol. The van der Waals surface area contributed by atoms with Gasteiger partial charge in [-0.25, -0.2) is 0 Å². The van der Waals surface area contributed by atoms with Gasteiger partial charge in [-0.2, -0.15) is 13.2 Å². The molecule has 0 saturated carbocycles. The van der Waals surface area contributed by atoms with Crippen LogP contribution >= 0.6 is 0 Å². The SMILES string of the molecule is Cc1cccc(C)c1NC(=O)/C=C\c1ccc(C(F)(F)F)cc1. The molecule has 0 unspecified atom stereocenters. The van der Waals surface area contributed by atoms with E-state index in [1.165, 1.54) is 24.3 Å². The molecule has 0 atom stereocenters. The van der Waals surface area contributed by atoms with Gasteiger partial charge in [0.25, 0.3) is 0 Å². The van der Waals surface area contributed by atoms with E-state index in [0.29, 0.717) is 5.56 Å². The Bertz CT molecular complexity index is 711. The fraction of sp³-hybridized carbons (Fsp3) is 0.167. The van der Waals surface area contributed by atoms with E-state index in [0.717, 1.165) is 28.9 Å². The maximum Gasteiger partial charge on any atom is 0.416 e. The van der Waals surface area contributed by atoms with Crippen molar-refractivity contribution >= 4 is 17.7 Å². The number of amides is 1. The van der Waals surface area contributed by atoms with Crippen LogP contribution in [-0.4, -0.2) is 5.91 Å². The molecule has 0 saturated heterocycles. The number of benzene rings is 2. The summed E-state index contributed by atoms with van der Waals surface area (Å²) in [6, 6.07) is 10.3. The van der Waals surface area contributed by atoms with Crippen LogP contribution in [0.15, 0.2) is 48.5 Å². The third-order valence-electron chi connectivity index (χ3n) is 3.39. The maximum atomic E-state index is 12.5. The molecule has 0 aliphatic heterocycles. The molecule has 0 spiro atoms. The molecular weight excluding hydrogens is 303 g/mol. The molecule has 0 heterocycles. The number of anilines is 1. The zero-order valence-corrected chi connectivity index (χ0v) is 12.7. The summed E-state index contributed by atoms with van der Waals surface area (Å²) in [5.41, 5.74) is 2.45. The number of carbonyl (C=O) groups is 1. The average molecular weight is 319 g/mol. The quantitative estimate of drug-likeness (QED) is 0.795. The van der Waals surface area contributed by atoms with Gasteiger partial charge in [-0.1, -0.05) is 30.3 Å². The minimum Gasteiger partial charge on any atom is -0.322 e. The number of aryl methyl sites for hydroxylation is 2. The molecule has 1 amide bonds. The van der Waals surface area contributed by atoms with Gasteiger partial charge in [0.15, 0.2) is 0 Å². The van der Waals surface area contributed by atoms with Crippen LogP contribution in [-0.2, 0) is 11.0 Å². The van der Waals surface area contributed by atoms with Gasteiger partial charge in [-0.15, -0.1) is 0 Å². The van der Waals surface area contributed by atoms with Crippen LogP contribution < -0.4 is 5.32 Å². The Morgan fingerprint density at radius 2 is 1.57 bits per heavy atom. The topological polar surface area (TPSA) is 29.1 Å². The van der Waals surface area contributed by atoms with Crippen molar-refractivity contribution in [1.82, 2.24) is 0 Å². The molecule has 0 radical (unpaired) electrons. The lowest BCUT2D eigenvalue weighted by molar-refractivity contribution is -0.137. The first-order valence-electron chi connectivity index (χ1n) is 7.00. The van der Waals surface area contributed by atoms with E-state index in [1.807, 2.05) is 32.0 Å². The smallest absolute Gasteiger partial charge is 0.322 e. The van der Waals surface area contributed by atoms with Gasteiger partial charge < -0.3 is 5.32 Å². The van der Waals surface area contributed by atoms with Gasteiger partial charge in [0.2, 0.25) is 5.91 Å². The highest BCUT2D eigenvalue weighted by Gasteiger charge is 2.29. The maximum absolute atomic E-state index is 12.5. The average Bonchev–Trinajstić information content (AvgIpc) is 2.48. The van der Waals surface area contributed by atoms with Crippen molar-refractivity contribution in [3.8, 4) is 0 Å². The standard InChI is InChI=1S/C18H16F3NO/c1-12-4-3-5-13(2)17(12)22-16(23)11-8-14-6-9-15(10-7-14)18(19,20)21/h3-11H,1-2H3,(H,22,23)/b11-8-. The Balaban J connectivity index is 2.07. The van der Waals surface area contributed by atoms with Crippen molar-refractivity contribution in [3.63, 3.8) is 0 Å². The second kappa shape index (κ2) is 6.69. The number of carbonyl (C=O) groups excluding carboxylic acids is 1. The van der Waals surface area contributed by atoms with Crippen LogP contribution in [0.2, 0.25) is 0 Å². The first-order valence-corrected chi connectivity index (χ1v) is 7.00. The third-order valence-corrected chi connectivity index (χ3v) is 3.39. The summed E-state index contributed by atoms with van der Waals surface area (Å²) in [6.45, 7) is 3.78. The minimum atomic E-state index is -4.36. The fourth-order valence-electron chi connectivity index (χ4n) is 2.13. The second-order valence-corrected chi connectivity index (χ2v) is 5.21. The van der Waals surface area contributed by atoms with E-state index in [9.17, 15) is 18.0 Å². The number of hydrogen-bond acceptors (Lipinski definition) is 1. The van der Waals surface area contributed by atoms with Gasteiger partial charge >= 0.3 is 6.18 Å². The van der Waals surface area contributed by atoms with Gasteiger partial charge in [-0.05, 0) is 48.7 Å². The molecule has 0 bridgehead atoms. The van der Waals surface area contributed by atoms with Crippen LogP contribution in [0.4, 0.5) is 18.9 Å². The highest BCUT2D eigenvalue weighted by molar-refractivity contribution is 6.02. The van der Waals surface area contributed by atoms with Crippen molar-refractivity contribution in [3.05, 3.63) is 70.8 Å². The summed E-state index contributed by atoms with van der Waals surface area (Å²) in [5.74, 6) is -0.331. The van der Waals surface area contributed by atoms with Crippen molar-refractivity contribution in [2.75, 3.05) is 5.32 Å². The lowest BCUT2D eigenvalue weighted by Gasteiger charge is -2.09. The monoisotopic (exact) mass is 319 g/mol. The summed E-state index contributed by atoms with van der Waals surface area (Å²) in [7, 11) is 0. The molecule has 120 valence electrons. The van der Waals surface area contributed by atoms with Crippen molar-refractivity contribution in [2.45, 2.75) is 20.0 Å².